The number of ether oxygens (including phenoxy) is 2. The maximum Gasteiger partial charge on any atom is 0.323 e. The van der Waals surface area contributed by atoms with Crippen LogP contribution in [-0.4, -0.2) is 26.2 Å². The molecule has 0 spiro atoms. The minimum absolute atomic E-state index is 0.158. The third kappa shape index (κ3) is 2.26. The molecule has 0 aromatic heterocycles. The Morgan fingerprint density at radius 3 is 2.04 bits per heavy atom. The molecular formula is C21H26O4. The summed E-state index contributed by atoms with van der Waals surface area (Å²) < 4.78 is 10.00. The van der Waals surface area contributed by atoms with Crippen molar-refractivity contribution in [1.82, 2.24) is 0 Å². The van der Waals surface area contributed by atoms with Gasteiger partial charge in [-0.25, -0.2) is 0 Å². The highest BCUT2D eigenvalue weighted by Crippen LogP contribution is 2.68. The Kier molecular flexibility index (Phi) is 4.26. The summed E-state index contributed by atoms with van der Waals surface area (Å²) >= 11 is 0. The Hall–Kier alpha value is -2.10. The summed E-state index contributed by atoms with van der Waals surface area (Å²) in [6.07, 6.45) is 0.944. The number of methoxy groups -OCH3 is 2. The van der Waals surface area contributed by atoms with Gasteiger partial charge in [0.2, 0.25) is 0 Å². The maximum atomic E-state index is 12.5. The van der Waals surface area contributed by atoms with E-state index in [-0.39, 0.29) is 17.3 Å². The normalized spacial score (nSPS) is 29.4. The number of allylic oxidation sites excluding steroid dienone is 2. The zero-order valence-electron chi connectivity index (χ0n) is 15.6. The molecule has 25 heavy (non-hydrogen) atoms. The summed E-state index contributed by atoms with van der Waals surface area (Å²) in [5.41, 5.74) is 2.50. The first-order valence-corrected chi connectivity index (χ1v) is 8.73. The highest BCUT2D eigenvalue weighted by atomic mass is 16.5. The van der Waals surface area contributed by atoms with E-state index in [0.717, 1.165) is 0 Å². The number of esters is 2. The molecule has 2 saturated carbocycles. The van der Waals surface area contributed by atoms with Crippen LogP contribution in [0.25, 0.3) is 0 Å². The Morgan fingerprint density at radius 1 is 1.00 bits per heavy atom. The van der Waals surface area contributed by atoms with E-state index in [0.29, 0.717) is 12.8 Å². The predicted molar refractivity (Wildman–Crippen MR) is 94.8 cm³/mol. The molecule has 2 aliphatic carbocycles. The fourth-order valence-electron chi connectivity index (χ4n) is 5.37. The van der Waals surface area contributed by atoms with E-state index in [1.807, 2.05) is 18.2 Å². The molecule has 4 nitrogen and oxygen atoms in total. The molecule has 3 rings (SSSR count). The largest absolute Gasteiger partial charge is 0.468 e. The van der Waals surface area contributed by atoms with Crippen LogP contribution in [0.15, 0.2) is 41.5 Å². The number of benzene rings is 1. The van der Waals surface area contributed by atoms with Crippen molar-refractivity contribution in [2.24, 2.45) is 17.3 Å². The van der Waals surface area contributed by atoms with E-state index in [1.165, 1.54) is 30.9 Å². The van der Waals surface area contributed by atoms with Gasteiger partial charge in [-0.3, -0.25) is 9.59 Å². The molecule has 0 aliphatic heterocycles. The molecule has 134 valence electrons. The van der Waals surface area contributed by atoms with Crippen molar-refractivity contribution in [3.63, 3.8) is 0 Å². The van der Waals surface area contributed by atoms with Gasteiger partial charge in [0.1, 0.15) is 0 Å². The number of hydrogen-bond donors (Lipinski definition) is 0. The molecule has 1 aromatic carbocycles. The average molecular weight is 342 g/mol. The van der Waals surface area contributed by atoms with Gasteiger partial charge in [-0.15, -0.1) is 0 Å². The van der Waals surface area contributed by atoms with Gasteiger partial charge in [0.15, 0.2) is 5.41 Å². The number of fused-ring (bicyclic) bond motifs is 1. The Morgan fingerprint density at radius 2 is 1.56 bits per heavy atom. The van der Waals surface area contributed by atoms with Gasteiger partial charge in [0, 0.05) is 5.41 Å². The lowest BCUT2D eigenvalue weighted by Gasteiger charge is -2.55. The first kappa shape index (κ1) is 17.7. The molecule has 0 amide bonds. The summed E-state index contributed by atoms with van der Waals surface area (Å²) in [4.78, 5) is 25.1. The minimum Gasteiger partial charge on any atom is -0.468 e. The van der Waals surface area contributed by atoms with Gasteiger partial charge in [-0.05, 0) is 44.1 Å². The third-order valence-corrected chi connectivity index (χ3v) is 6.36. The van der Waals surface area contributed by atoms with Crippen molar-refractivity contribution < 1.29 is 19.1 Å². The standard InChI is InChI=1S/C21H26O4/c1-13(2)17-15-11-21(18(22)24-4,19(23)25-5)12-16(15)20(17,3)14-9-7-6-8-10-14/h6-10,15-16H,11-12H2,1-5H3/t15-,16+,20-/m0/s1. The van der Waals surface area contributed by atoms with Gasteiger partial charge < -0.3 is 9.47 Å². The Bertz CT molecular complexity index is 714. The molecule has 2 fully saturated rings. The second kappa shape index (κ2) is 6.01. The lowest BCUT2D eigenvalue weighted by Crippen LogP contribution is -2.50. The van der Waals surface area contributed by atoms with E-state index in [1.54, 1.807) is 0 Å². The van der Waals surface area contributed by atoms with Crippen LogP contribution in [-0.2, 0) is 24.5 Å². The van der Waals surface area contributed by atoms with Crippen LogP contribution >= 0.6 is 0 Å². The number of rotatable bonds is 3. The molecular weight excluding hydrogens is 316 g/mol. The molecule has 3 atom stereocenters. The van der Waals surface area contributed by atoms with Crippen LogP contribution in [0.1, 0.15) is 39.2 Å². The van der Waals surface area contributed by atoms with Crippen molar-refractivity contribution in [1.29, 1.82) is 0 Å². The molecule has 0 heterocycles. The molecule has 0 N–H and O–H groups in total. The van der Waals surface area contributed by atoms with Crippen LogP contribution < -0.4 is 0 Å². The minimum atomic E-state index is -1.19. The topological polar surface area (TPSA) is 52.6 Å². The first-order valence-electron chi connectivity index (χ1n) is 8.73. The van der Waals surface area contributed by atoms with Crippen LogP contribution in [0.5, 0.6) is 0 Å². The van der Waals surface area contributed by atoms with Gasteiger partial charge in [0.05, 0.1) is 14.2 Å². The number of hydrogen-bond acceptors (Lipinski definition) is 4. The first-order chi connectivity index (χ1) is 11.8. The van der Waals surface area contributed by atoms with Crippen molar-refractivity contribution in [2.75, 3.05) is 14.2 Å². The summed E-state index contributed by atoms with van der Waals surface area (Å²) in [5, 5.41) is 0. The summed E-state index contributed by atoms with van der Waals surface area (Å²) in [5.74, 6) is -0.513. The van der Waals surface area contributed by atoms with Crippen LogP contribution in [0.4, 0.5) is 0 Å². The quantitative estimate of drug-likeness (QED) is 0.478. The van der Waals surface area contributed by atoms with E-state index < -0.39 is 17.4 Å². The summed E-state index contributed by atoms with van der Waals surface area (Å²) in [6, 6.07) is 10.4. The fourth-order valence-corrected chi connectivity index (χ4v) is 5.37. The van der Waals surface area contributed by atoms with Crippen molar-refractivity contribution >= 4 is 11.9 Å². The average Bonchev–Trinajstić information content (AvgIpc) is 2.97. The Balaban J connectivity index is 2.09. The molecule has 1 aromatic rings. The van der Waals surface area contributed by atoms with E-state index >= 15 is 0 Å². The Labute approximate surface area is 149 Å². The zero-order valence-corrected chi connectivity index (χ0v) is 15.6. The molecule has 0 bridgehead atoms. The number of carbonyl (C=O) groups excluding carboxylic acids is 2. The van der Waals surface area contributed by atoms with Crippen molar-refractivity contribution in [3.05, 3.63) is 47.0 Å². The molecule has 2 aliphatic rings. The van der Waals surface area contributed by atoms with Crippen molar-refractivity contribution in [2.45, 2.75) is 39.0 Å². The highest BCUT2D eigenvalue weighted by molar-refractivity contribution is 6.00. The molecule has 0 unspecified atom stereocenters. The monoisotopic (exact) mass is 342 g/mol. The molecule has 4 heteroatoms. The molecule has 0 saturated heterocycles. The lowest BCUT2D eigenvalue weighted by molar-refractivity contribution is -0.168. The predicted octanol–water partition coefficient (Wildman–Crippen LogP) is 3.65. The zero-order chi connectivity index (χ0) is 18.4. The molecule has 0 radical (unpaired) electrons. The van der Waals surface area contributed by atoms with E-state index in [2.05, 4.69) is 32.9 Å². The van der Waals surface area contributed by atoms with E-state index in [4.69, 9.17) is 9.47 Å². The number of carbonyl (C=O) groups is 2. The van der Waals surface area contributed by atoms with Gasteiger partial charge in [-0.2, -0.15) is 0 Å². The maximum absolute atomic E-state index is 12.5. The lowest BCUT2D eigenvalue weighted by atomic mass is 9.49. The summed E-state index contributed by atoms with van der Waals surface area (Å²) in [6.45, 7) is 6.46. The smallest absolute Gasteiger partial charge is 0.323 e. The van der Waals surface area contributed by atoms with Gasteiger partial charge >= 0.3 is 11.9 Å². The second-order valence-corrected chi connectivity index (χ2v) is 7.67. The fraction of sp³-hybridized carbons (Fsp3) is 0.524. The van der Waals surface area contributed by atoms with Gasteiger partial charge in [-0.1, -0.05) is 48.4 Å². The van der Waals surface area contributed by atoms with Crippen LogP contribution in [0, 0.1) is 17.3 Å². The third-order valence-electron chi connectivity index (χ3n) is 6.36. The van der Waals surface area contributed by atoms with Crippen LogP contribution in [0.2, 0.25) is 0 Å². The van der Waals surface area contributed by atoms with Crippen LogP contribution in [0.3, 0.4) is 0 Å². The SMILES string of the molecule is COC(=O)C1(C(=O)OC)C[C@@H]2C(=C(C)C)[C@@](C)(c3ccccc3)[C@@H]2C1. The highest BCUT2D eigenvalue weighted by Gasteiger charge is 2.68. The van der Waals surface area contributed by atoms with Crippen molar-refractivity contribution in [3.8, 4) is 0 Å². The second-order valence-electron chi connectivity index (χ2n) is 7.67. The van der Waals surface area contributed by atoms with Gasteiger partial charge in [0.25, 0.3) is 0 Å². The van der Waals surface area contributed by atoms with E-state index in [9.17, 15) is 9.59 Å². The summed E-state index contributed by atoms with van der Waals surface area (Å²) in [7, 11) is 2.68.